The Hall–Kier alpha value is -0.0200. The highest BCUT2D eigenvalue weighted by atomic mass is 127. The standard InChI is InChI=1S/C7H3I3O2.C4H5NO3/c8-4-2-1-3(7(11)12)5(9)6(4)10;6-3-1-2-4(7)5(3)8/h1-2H,(H,11,12);8H,1-2H2. The molecule has 108 valence electrons. The van der Waals surface area contributed by atoms with Gasteiger partial charge < -0.3 is 5.11 Å². The number of halogens is 3. The maximum Gasteiger partial charge on any atom is 0.336 e. The van der Waals surface area contributed by atoms with Crippen molar-refractivity contribution in [1.82, 2.24) is 5.06 Å². The first-order valence-corrected chi connectivity index (χ1v) is 8.40. The summed E-state index contributed by atoms with van der Waals surface area (Å²) < 4.78 is 2.91. The van der Waals surface area contributed by atoms with Crippen LogP contribution >= 0.6 is 67.8 Å². The summed E-state index contributed by atoms with van der Waals surface area (Å²) in [5, 5.41) is 17.3. The van der Waals surface area contributed by atoms with E-state index >= 15 is 0 Å². The third kappa shape index (κ3) is 4.49. The van der Waals surface area contributed by atoms with Crippen LogP contribution in [0.1, 0.15) is 23.2 Å². The van der Waals surface area contributed by atoms with Crippen LogP contribution in [0.4, 0.5) is 0 Å². The van der Waals surface area contributed by atoms with Crippen LogP contribution in [0.5, 0.6) is 0 Å². The van der Waals surface area contributed by atoms with E-state index in [1.54, 1.807) is 6.07 Å². The number of carbonyl (C=O) groups is 3. The number of carboxylic acid groups (broad SMARTS) is 1. The second-order valence-corrected chi connectivity index (χ2v) is 6.95. The largest absolute Gasteiger partial charge is 0.478 e. The summed E-state index contributed by atoms with van der Waals surface area (Å²) in [6.07, 6.45) is 0.296. The molecule has 1 aliphatic heterocycles. The topological polar surface area (TPSA) is 94.9 Å². The Morgan fingerprint density at radius 3 is 1.90 bits per heavy atom. The molecule has 0 atom stereocenters. The molecule has 0 aliphatic carbocycles. The van der Waals surface area contributed by atoms with Crippen molar-refractivity contribution >= 4 is 85.6 Å². The minimum absolute atomic E-state index is 0.148. The van der Waals surface area contributed by atoms with E-state index in [0.29, 0.717) is 5.56 Å². The van der Waals surface area contributed by atoms with E-state index in [9.17, 15) is 14.4 Å². The molecule has 1 aliphatic rings. The van der Waals surface area contributed by atoms with Crippen molar-refractivity contribution < 1.29 is 24.7 Å². The Bertz CT molecular complexity index is 559. The van der Waals surface area contributed by atoms with Gasteiger partial charge >= 0.3 is 5.97 Å². The molecule has 1 saturated heterocycles. The van der Waals surface area contributed by atoms with Crippen LogP contribution in [0, 0.1) is 10.7 Å². The van der Waals surface area contributed by atoms with Crippen LogP contribution in [0.25, 0.3) is 0 Å². The number of rotatable bonds is 1. The lowest BCUT2D eigenvalue weighted by Gasteiger charge is -2.02. The molecule has 2 amide bonds. The second kappa shape index (κ2) is 7.84. The fraction of sp³-hybridized carbons (Fsp3) is 0.182. The lowest BCUT2D eigenvalue weighted by atomic mass is 10.2. The molecule has 1 fully saturated rings. The highest BCUT2D eigenvalue weighted by molar-refractivity contribution is 14.1. The van der Waals surface area contributed by atoms with Gasteiger partial charge in [-0.05, 0) is 79.9 Å². The predicted octanol–water partition coefficient (Wildman–Crippen LogP) is 2.72. The number of imide groups is 1. The van der Waals surface area contributed by atoms with Gasteiger partial charge in [0.25, 0.3) is 11.8 Å². The highest BCUT2D eigenvalue weighted by Gasteiger charge is 2.26. The third-order valence-electron chi connectivity index (χ3n) is 2.29. The zero-order valence-electron chi connectivity index (χ0n) is 9.77. The quantitative estimate of drug-likeness (QED) is 0.220. The zero-order chi connectivity index (χ0) is 15.4. The van der Waals surface area contributed by atoms with E-state index < -0.39 is 17.8 Å². The minimum Gasteiger partial charge on any atom is -0.478 e. The van der Waals surface area contributed by atoms with Gasteiger partial charge in [-0.1, -0.05) is 0 Å². The van der Waals surface area contributed by atoms with Crippen molar-refractivity contribution in [2.75, 3.05) is 0 Å². The maximum absolute atomic E-state index is 10.7. The van der Waals surface area contributed by atoms with Crippen molar-refractivity contribution in [3.05, 3.63) is 28.4 Å². The average molecular weight is 615 g/mol. The Morgan fingerprint density at radius 2 is 1.55 bits per heavy atom. The molecular formula is C11H8I3NO5. The van der Waals surface area contributed by atoms with Crippen LogP contribution in [-0.2, 0) is 9.59 Å². The first-order chi connectivity index (χ1) is 9.25. The van der Waals surface area contributed by atoms with Gasteiger partial charge in [0.15, 0.2) is 0 Å². The van der Waals surface area contributed by atoms with Crippen molar-refractivity contribution in [2.45, 2.75) is 12.8 Å². The van der Waals surface area contributed by atoms with Crippen LogP contribution < -0.4 is 0 Å². The van der Waals surface area contributed by atoms with Gasteiger partial charge in [-0.2, -0.15) is 5.06 Å². The number of hydrogen-bond acceptors (Lipinski definition) is 4. The van der Waals surface area contributed by atoms with Crippen molar-refractivity contribution in [3.63, 3.8) is 0 Å². The molecule has 1 aromatic rings. The Morgan fingerprint density at radius 1 is 1.05 bits per heavy atom. The third-order valence-corrected chi connectivity index (χ3v) is 7.49. The molecule has 1 aromatic carbocycles. The Kier molecular flexibility index (Phi) is 7.07. The van der Waals surface area contributed by atoms with E-state index in [4.69, 9.17) is 10.3 Å². The molecule has 0 unspecified atom stereocenters. The normalized spacial score (nSPS) is 14.1. The van der Waals surface area contributed by atoms with Gasteiger partial charge in [0.05, 0.1) is 5.56 Å². The van der Waals surface area contributed by atoms with E-state index in [1.807, 2.05) is 6.07 Å². The predicted molar refractivity (Wildman–Crippen MR) is 94.4 cm³/mol. The number of carboxylic acids is 1. The van der Waals surface area contributed by atoms with Gasteiger partial charge in [-0.25, -0.2) is 4.79 Å². The highest BCUT2D eigenvalue weighted by Crippen LogP contribution is 2.24. The van der Waals surface area contributed by atoms with Gasteiger partial charge in [0.1, 0.15) is 0 Å². The van der Waals surface area contributed by atoms with E-state index in [2.05, 4.69) is 67.8 Å². The van der Waals surface area contributed by atoms with E-state index in [0.717, 1.165) is 10.7 Å². The average Bonchev–Trinajstić information content (AvgIpc) is 2.68. The summed E-state index contributed by atoms with van der Waals surface area (Å²) in [5.41, 5.74) is 0.375. The Labute approximate surface area is 155 Å². The van der Waals surface area contributed by atoms with E-state index in [-0.39, 0.29) is 17.9 Å². The molecule has 0 saturated carbocycles. The van der Waals surface area contributed by atoms with Crippen molar-refractivity contribution in [3.8, 4) is 0 Å². The van der Waals surface area contributed by atoms with Gasteiger partial charge in [0, 0.05) is 23.6 Å². The zero-order valence-corrected chi connectivity index (χ0v) is 16.2. The van der Waals surface area contributed by atoms with Gasteiger partial charge in [-0.3, -0.25) is 14.8 Å². The smallest absolute Gasteiger partial charge is 0.336 e. The molecule has 6 nitrogen and oxygen atoms in total. The number of amides is 2. The molecule has 2 rings (SSSR count). The van der Waals surface area contributed by atoms with Gasteiger partial charge in [0.2, 0.25) is 0 Å². The van der Waals surface area contributed by atoms with Crippen molar-refractivity contribution in [1.29, 1.82) is 0 Å². The molecule has 20 heavy (non-hydrogen) atoms. The lowest BCUT2D eigenvalue weighted by Crippen LogP contribution is -2.24. The summed E-state index contributed by atoms with van der Waals surface area (Å²) in [5.74, 6) is -1.88. The van der Waals surface area contributed by atoms with Gasteiger partial charge in [-0.15, -0.1) is 0 Å². The molecule has 0 spiro atoms. The van der Waals surface area contributed by atoms with Crippen LogP contribution in [0.3, 0.4) is 0 Å². The number of hydroxylamine groups is 2. The molecule has 9 heteroatoms. The van der Waals surface area contributed by atoms with Crippen LogP contribution in [0.15, 0.2) is 12.1 Å². The molecule has 0 aromatic heterocycles. The summed E-state index contributed by atoms with van der Waals surface area (Å²) in [6.45, 7) is 0. The molecule has 1 heterocycles. The first kappa shape index (κ1) is 18.0. The summed E-state index contributed by atoms with van der Waals surface area (Å²) in [6, 6.07) is 3.45. The molecular weight excluding hydrogens is 607 g/mol. The molecule has 2 N–H and O–H groups in total. The van der Waals surface area contributed by atoms with E-state index in [1.165, 1.54) is 0 Å². The first-order valence-electron chi connectivity index (χ1n) is 5.17. The summed E-state index contributed by atoms with van der Waals surface area (Å²) >= 11 is 6.39. The summed E-state index contributed by atoms with van der Waals surface area (Å²) in [7, 11) is 0. The maximum atomic E-state index is 10.7. The monoisotopic (exact) mass is 615 g/mol. The Balaban J connectivity index is 0.000000217. The number of aromatic carboxylic acids is 1. The molecule has 0 bridgehead atoms. The number of hydrogen-bond donors (Lipinski definition) is 2. The minimum atomic E-state index is -0.867. The SMILES string of the molecule is O=C(O)c1ccc(I)c(I)c1I.O=C1CCC(=O)N1O. The number of benzene rings is 1. The van der Waals surface area contributed by atoms with Crippen LogP contribution in [-0.4, -0.2) is 33.2 Å². The second-order valence-electron chi connectivity index (χ2n) is 3.63. The number of nitrogens with zero attached hydrogens (tertiary/aromatic N) is 1. The van der Waals surface area contributed by atoms with Crippen molar-refractivity contribution in [2.24, 2.45) is 0 Å². The van der Waals surface area contributed by atoms with Crippen LogP contribution in [0.2, 0.25) is 0 Å². The fourth-order valence-corrected chi connectivity index (χ4v) is 3.39. The summed E-state index contributed by atoms with van der Waals surface area (Å²) in [4.78, 5) is 31.2. The molecule has 0 radical (unpaired) electrons. The number of carbonyl (C=O) groups excluding carboxylic acids is 2. The lowest BCUT2D eigenvalue weighted by molar-refractivity contribution is -0.171. The fourth-order valence-electron chi connectivity index (χ4n) is 1.26.